The molecular weight excluding hydrogens is 280 g/mol. The normalized spacial score (nSPS) is 16.7. The van der Waals surface area contributed by atoms with Crippen molar-refractivity contribution >= 4 is 17.2 Å². The van der Waals surface area contributed by atoms with Crippen LogP contribution in [-0.2, 0) is 6.42 Å². The van der Waals surface area contributed by atoms with Crippen LogP contribution in [0.4, 0.5) is 0 Å². The lowest BCUT2D eigenvalue weighted by Crippen LogP contribution is -2.02. The van der Waals surface area contributed by atoms with Gasteiger partial charge in [0.25, 0.3) is 0 Å². The number of hydrogen-bond acceptors (Lipinski definition) is 1. The highest BCUT2D eigenvalue weighted by molar-refractivity contribution is 5.96. The summed E-state index contributed by atoms with van der Waals surface area (Å²) in [5, 5.41) is 0. The van der Waals surface area contributed by atoms with Gasteiger partial charge in [0, 0.05) is 0 Å². The standard InChI is InChI=1S/C22H22O/c1-15-7-3-4-9-20(15)18-11-16(2)21-14-22-17(12-19(21)13-18)8-5-6-10-23-22/h3-4,7,9,12-14H,2,5-6,8,10-11H2,1H3. The molecule has 1 aliphatic heterocycles. The van der Waals surface area contributed by atoms with Gasteiger partial charge in [-0.3, -0.25) is 0 Å². The first-order valence-electron chi connectivity index (χ1n) is 8.47. The van der Waals surface area contributed by atoms with Crippen LogP contribution in [0.1, 0.15) is 47.1 Å². The van der Waals surface area contributed by atoms with E-state index >= 15 is 0 Å². The molecule has 1 heterocycles. The van der Waals surface area contributed by atoms with Gasteiger partial charge in [-0.25, -0.2) is 0 Å². The number of benzene rings is 2. The lowest BCUT2D eigenvalue weighted by Gasteiger charge is -2.22. The SMILES string of the molecule is C=C1CC(c2ccccc2C)=Cc2cc3c(cc21)OCCCC3. The molecule has 0 radical (unpaired) electrons. The second kappa shape index (κ2) is 5.73. The molecule has 1 nitrogen and oxygen atoms in total. The van der Waals surface area contributed by atoms with Crippen LogP contribution in [0, 0.1) is 6.92 Å². The van der Waals surface area contributed by atoms with E-state index < -0.39 is 0 Å². The summed E-state index contributed by atoms with van der Waals surface area (Å²) in [7, 11) is 0. The number of ether oxygens (including phenoxy) is 1. The smallest absolute Gasteiger partial charge is 0.123 e. The van der Waals surface area contributed by atoms with Gasteiger partial charge in [0.1, 0.15) is 5.75 Å². The van der Waals surface area contributed by atoms with Crippen LogP contribution < -0.4 is 4.74 Å². The van der Waals surface area contributed by atoms with Crippen molar-refractivity contribution in [1.82, 2.24) is 0 Å². The highest BCUT2D eigenvalue weighted by Crippen LogP contribution is 2.40. The van der Waals surface area contributed by atoms with Crippen molar-refractivity contribution in [3.8, 4) is 5.75 Å². The summed E-state index contributed by atoms with van der Waals surface area (Å²) in [5.74, 6) is 1.06. The van der Waals surface area contributed by atoms with Gasteiger partial charge in [-0.1, -0.05) is 36.9 Å². The zero-order chi connectivity index (χ0) is 15.8. The van der Waals surface area contributed by atoms with E-state index in [4.69, 9.17) is 4.74 Å². The van der Waals surface area contributed by atoms with E-state index in [0.29, 0.717) is 0 Å². The lowest BCUT2D eigenvalue weighted by atomic mass is 9.83. The Labute approximate surface area is 138 Å². The third-order valence-corrected chi connectivity index (χ3v) is 4.94. The quantitative estimate of drug-likeness (QED) is 0.659. The summed E-state index contributed by atoms with van der Waals surface area (Å²) in [6.07, 6.45) is 6.72. The van der Waals surface area contributed by atoms with E-state index in [2.05, 4.69) is 56.0 Å². The molecule has 1 heteroatoms. The molecule has 2 aromatic carbocycles. The minimum absolute atomic E-state index is 0.836. The van der Waals surface area contributed by atoms with E-state index in [-0.39, 0.29) is 0 Å². The second-order valence-corrected chi connectivity index (χ2v) is 6.62. The maximum atomic E-state index is 5.93. The van der Waals surface area contributed by atoms with Gasteiger partial charge in [-0.2, -0.15) is 0 Å². The molecule has 0 bridgehead atoms. The molecule has 4 rings (SSSR count). The lowest BCUT2D eigenvalue weighted by molar-refractivity contribution is 0.317. The monoisotopic (exact) mass is 302 g/mol. The van der Waals surface area contributed by atoms with Gasteiger partial charge < -0.3 is 4.74 Å². The fourth-order valence-corrected chi connectivity index (χ4v) is 3.67. The van der Waals surface area contributed by atoms with Crippen LogP contribution in [0.15, 0.2) is 43.0 Å². The molecule has 0 aromatic heterocycles. The van der Waals surface area contributed by atoms with Gasteiger partial charge >= 0.3 is 0 Å². The molecule has 1 aliphatic carbocycles. The maximum Gasteiger partial charge on any atom is 0.123 e. The predicted molar refractivity (Wildman–Crippen MR) is 97.6 cm³/mol. The topological polar surface area (TPSA) is 9.23 Å². The van der Waals surface area contributed by atoms with Crippen LogP contribution in [0.5, 0.6) is 5.75 Å². The molecule has 0 unspecified atom stereocenters. The summed E-state index contributed by atoms with van der Waals surface area (Å²) in [4.78, 5) is 0. The van der Waals surface area contributed by atoms with Crippen molar-refractivity contribution in [1.29, 1.82) is 0 Å². The Balaban J connectivity index is 1.83. The summed E-state index contributed by atoms with van der Waals surface area (Å²) in [6.45, 7) is 7.35. The summed E-state index contributed by atoms with van der Waals surface area (Å²) in [6, 6.07) is 13.1. The number of allylic oxidation sites excluding steroid dienone is 2. The van der Waals surface area contributed by atoms with Crippen LogP contribution in [0.25, 0.3) is 17.2 Å². The Morgan fingerprint density at radius 3 is 2.78 bits per heavy atom. The Bertz CT molecular complexity index is 811. The molecule has 0 amide bonds. The van der Waals surface area contributed by atoms with Crippen molar-refractivity contribution < 1.29 is 4.74 Å². The van der Waals surface area contributed by atoms with E-state index in [1.54, 1.807) is 0 Å². The Hall–Kier alpha value is -2.28. The molecule has 2 aliphatic rings. The fourth-order valence-electron chi connectivity index (χ4n) is 3.67. The summed E-state index contributed by atoms with van der Waals surface area (Å²) >= 11 is 0. The van der Waals surface area contributed by atoms with Gasteiger partial charge in [-0.15, -0.1) is 0 Å². The first-order chi connectivity index (χ1) is 11.2. The number of rotatable bonds is 1. The second-order valence-electron chi connectivity index (χ2n) is 6.62. The van der Waals surface area contributed by atoms with Crippen molar-refractivity contribution in [2.45, 2.75) is 32.6 Å². The first kappa shape index (κ1) is 14.3. The van der Waals surface area contributed by atoms with E-state index in [9.17, 15) is 0 Å². The van der Waals surface area contributed by atoms with Crippen molar-refractivity contribution in [3.05, 3.63) is 70.8 Å². The average Bonchev–Trinajstić information content (AvgIpc) is 2.78. The summed E-state index contributed by atoms with van der Waals surface area (Å²) < 4.78 is 5.93. The third kappa shape index (κ3) is 2.61. The van der Waals surface area contributed by atoms with Crippen molar-refractivity contribution in [2.75, 3.05) is 6.61 Å². The molecule has 0 saturated carbocycles. The molecule has 0 fully saturated rings. The molecule has 0 saturated heterocycles. The molecule has 0 spiro atoms. The van der Waals surface area contributed by atoms with Gasteiger partial charge in [0.2, 0.25) is 0 Å². The van der Waals surface area contributed by atoms with Crippen molar-refractivity contribution in [2.24, 2.45) is 0 Å². The largest absolute Gasteiger partial charge is 0.493 e. The molecule has 0 atom stereocenters. The third-order valence-electron chi connectivity index (χ3n) is 4.94. The van der Waals surface area contributed by atoms with Gasteiger partial charge in [0.15, 0.2) is 0 Å². The van der Waals surface area contributed by atoms with E-state index in [1.807, 2.05) is 0 Å². The minimum atomic E-state index is 0.836. The van der Waals surface area contributed by atoms with Crippen molar-refractivity contribution in [3.63, 3.8) is 0 Å². The predicted octanol–water partition coefficient (Wildman–Crippen LogP) is 5.67. The number of fused-ring (bicyclic) bond motifs is 2. The highest BCUT2D eigenvalue weighted by Gasteiger charge is 2.20. The Morgan fingerprint density at radius 1 is 1.04 bits per heavy atom. The molecular formula is C22H22O. The average molecular weight is 302 g/mol. The molecule has 116 valence electrons. The van der Waals surface area contributed by atoms with Gasteiger partial charge in [0.05, 0.1) is 6.61 Å². The van der Waals surface area contributed by atoms with Gasteiger partial charge in [-0.05, 0) is 83.7 Å². The van der Waals surface area contributed by atoms with E-state index in [1.165, 1.54) is 45.4 Å². The van der Waals surface area contributed by atoms with Crippen LogP contribution in [0.2, 0.25) is 0 Å². The fraction of sp³-hybridized carbons (Fsp3) is 0.273. The summed E-state index contributed by atoms with van der Waals surface area (Å²) in [5.41, 5.74) is 9.12. The minimum Gasteiger partial charge on any atom is -0.493 e. The number of aryl methyl sites for hydroxylation is 2. The van der Waals surface area contributed by atoms with Crippen LogP contribution >= 0.6 is 0 Å². The first-order valence-corrected chi connectivity index (χ1v) is 8.47. The Kier molecular flexibility index (Phi) is 3.57. The zero-order valence-electron chi connectivity index (χ0n) is 13.7. The molecule has 0 N–H and O–H groups in total. The van der Waals surface area contributed by atoms with Crippen LogP contribution in [-0.4, -0.2) is 6.61 Å². The number of hydrogen-bond donors (Lipinski definition) is 0. The highest BCUT2D eigenvalue weighted by atomic mass is 16.5. The Morgan fingerprint density at radius 2 is 1.91 bits per heavy atom. The van der Waals surface area contributed by atoms with Crippen LogP contribution in [0.3, 0.4) is 0 Å². The maximum absolute atomic E-state index is 5.93. The zero-order valence-corrected chi connectivity index (χ0v) is 13.7. The molecule has 23 heavy (non-hydrogen) atoms. The van der Waals surface area contributed by atoms with E-state index in [0.717, 1.165) is 31.6 Å². The molecule has 2 aromatic rings.